The highest BCUT2D eigenvalue weighted by Gasteiger charge is 2.18. The van der Waals surface area contributed by atoms with Gasteiger partial charge < -0.3 is 5.11 Å². The van der Waals surface area contributed by atoms with E-state index in [4.69, 9.17) is 5.11 Å². The molecule has 0 amide bonds. The van der Waals surface area contributed by atoms with Crippen LogP contribution in [0.25, 0.3) is 0 Å². The Labute approximate surface area is 127 Å². The predicted molar refractivity (Wildman–Crippen MR) is 81.2 cm³/mol. The number of aromatic carboxylic acids is 1. The molecule has 0 aliphatic heterocycles. The van der Waals surface area contributed by atoms with Crippen molar-refractivity contribution >= 4 is 27.3 Å². The van der Waals surface area contributed by atoms with Crippen LogP contribution in [0.4, 0.5) is 0 Å². The molecule has 0 spiro atoms. The molecule has 2 N–H and O–H groups in total. The summed E-state index contributed by atoms with van der Waals surface area (Å²) in [7, 11) is -3.62. The minimum atomic E-state index is -3.62. The Balaban J connectivity index is 1.88. The van der Waals surface area contributed by atoms with Crippen molar-refractivity contribution in [1.82, 2.24) is 4.72 Å². The van der Waals surface area contributed by atoms with E-state index < -0.39 is 16.0 Å². The van der Waals surface area contributed by atoms with Crippen LogP contribution in [0.2, 0.25) is 0 Å². The third-order valence-corrected chi connectivity index (χ3v) is 5.86. The van der Waals surface area contributed by atoms with E-state index >= 15 is 0 Å². The van der Waals surface area contributed by atoms with Gasteiger partial charge in [-0.05, 0) is 30.5 Å². The number of benzene rings is 1. The summed E-state index contributed by atoms with van der Waals surface area (Å²) in [6, 6.07) is 12.4. The molecule has 0 saturated carbocycles. The van der Waals surface area contributed by atoms with Crippen LogP contribution in [-0.2, 0) is 16.4 Å². The monoisotopic (exact) mass is 325 g/mol. The lowest BCUT2D eigenvalue weighted by molar-refractivity contribution is 0.0702. The smallest absolute Gasteiger partial charge is 0.345 e. The number of carbonyl (C=O) groups is 1. The van der Waals surface area contributed by atoms with Gasteiger partial charge in [0.05, 0.1) is 0 Å². The Kier molecular flexibility index (Phi) is 5.11. The van der Waals surface area contributed by atoms with Gasteiger partial charge in [-0.1, -0.05) is 30.3 Å². The third-order valence-electron chi connectivity index (χ3n) is 2.83. The first-order chi connectivity index (χ1) is 9.99. The maximum absolute atomic E-state index is 12.0. The van der Waals surface area contributed by atoms with Crippen LogP contribution in [0.5, 0.6) is 0 Å². The highest BCUT2D eigenvalue weighted by Crippen LogP contribution is 2.21. The molecule has 0 aliphatic carbocycles. The lowest BCUT2D eigenvalue weighted by atomic mass is 10.1. The number of carboxylic acid groups (broad SMARTS) is 1. The summed E-state index contributed by atoms with van der Waals surface area (Å²) < 4.78 is 26.5. The molecule has 0 unspecified atom stereocenters. The summed E-state index contributed by atoms with van der Waals surface area (Å²) in [6.45, 7) is 0.317. The second-order valence-corrected chi connectivity index (χ2v) is 7.49. The molecule has 21 heavy (non-hydrogen) atoms. The van der Waals surface area contributed by atoms with E-state index in [9.17, 15) is 13.2 Å². The van der Waals surface area contributed by atoms with Gasteiger partial charge in [0, 0.05) is 6.54 Å². The van der Waals surface area contributed by atoms with Gasteiger partial charge in [0.15, 0.2) is 0 Å². The van der Waals surface area contributed by atoms with Crippen LogP contribution in [0.15, 0.2) is 46.7 Å². The summed E-state index contributed by atoms with van der Waals surface area (Å²) in [5.41, 5.74) is 1.15. The van der Waals surface area contributed by atoms with Crippen molar-refractivity contribution in [2.24, 2.45) is 0 Å². The van der Waals surface area contributed by atoms with Crippen LogP contribution in [0, 0.1) is 0 Å². The number of hydrogen-bond acceptors (Lipinski definition) is 4. The zero-order valence-corrected chi connectivity index (χ0v) is 12.8. The predicted octanol–water partition coefficient (Wildman–Crippen LogP) is 2.36. The zero-order chi connectivity index (χ0) is 15.3. The van der Waals surface area contributed by atoms with Crippen molar-refractivity contribution in [2.75, 3.05) is 6.54 Å². The maximum Gasteiger partial charge on any atom is 0.345 e. The lowest BCUT2D eigenvalue weighted by Crippen LogP contribution is -2.24. The molecule has 5 nitrogen and oxygen atoms in total. The topological polar surface area (TPSA) is 83.5 Å². The van der Waals surface area contributed by atoms with Crippen LogP contribution < -0.4 is 4.72 Å². The molecule has 7 heteroatoms. The number of hydrogen-bond donors (Lipinski definition) is 2. The molecular formula is C14H15NO4S2. The van der Waals surface area contributed by atoms with E-state index in [-0.39, 0.29) is 9.09 Å². The first-order valence-corrected chi connectivity index (χ1v) is 8.66. The molecule has 0 saturated heterocycles. The van der Waals surface area contributed by atoms with E-state index in [0.29, 0.717) is 13.0 Å². The molecule has 0 aliphatic rings. The fraction of sp³-hybridized carbons (Fsp3) is 0.214. The number of carboxylic acids is 1. The number of nitrogens with one attached hydrogen (secondary N) is 1. The Morgan fingerprint density at radius 1 is 1.14 bits per heavy atom. The Morgan fingerprint density at radius 3 is 2.48 bits per heavy atom. The summed E-state index contributed by atoms with van der Waals surface area (Å²) >= 11 is 0.752. The highest BCUT2D eigenvalue weighted by atomic mass is 32.2. The second kappa shape index (κ2) is 6.84. The average Bonchev–Trinajstić information content (AvgIpc) is 2.96. The van der Waals surface area contributed by atoms with Crippen LogP contribution >= 0.6 is 11.3 Å². The summed E-state index contributed by atoms with van der Waals surface area (Å²) in [6.07, 6.45) is 1.47. The van der Waals surface area contributed by atoms with Gasteiger partial charge in [-0.15, -0.1) is 11.3 Å². The Bertz CT molecular complexity index is 708. The Hall–Kier alpha value is -1.70. The van der Waals surface area contributed by atoms with E-state index in [1.54, 1.807) is 0 Å². The average molecular weight is 325 g/mol. The SMILES string of the molecule is O=C(O)c1ccc(S(=O)(=O)NCCCc2ccccc2)s1. The quantitative estimate of drug-likeness (QED) is 0.766. The molecule has 0 radical (unpaired) electrons. The van der Waals surface area contributed by atoms with Crippen molar-refractivity contribution in [3.05, 3.63) is 52.9 Å². The second-order valence-electron chi connectivity index (χ2n) is 4.41. The Morgan fingerprint density at radius 2 is 1.86 bits per heavy atom. The minimum absolute atomic E-state index is 0.0136. The van der Waals surface area contributed by atoms with Crippen LogP contribution in [0.3, 0.4) is 0 Å². The number of rotatable bonds is 7. The summed E-state index contributed by atoms with van der Waals surface area (Å²) in [5.74, 6) is -1.12. The molecule has 2 rings (SSSR count). The third kappa shape index (κ3) is 4.38. The molecule has 112 valence electrons. The zero-order valence-electron chi connectivity index (χ0n) is 11.2. The number of sulfonamides is 1. The minimum Gasteiger partial charge on any atom is -0.477 e. The first kappa shape index (κ1) is 15.7. The summed E-state index contributed by atoms with van der Waals surface area (Å²) in [4.78, 5) is 10.8. The van der Waals surface area contributed by atoms with Crippen molar-refractivity contribution in [3.8, 4) is 0 Å². The molecule has 0 bridgehead atoms. The van der Waals surface area contributed by atoms with Gasteiger partial charge >= 0.3 is 5.97 Å². The van der Waals surface area contributed by atoms with Gasteiger partial charge in [0.2, 0.25) is 10.0 Å². The molecule has 1 heterocycles. The van der Waals surface area contributed by atoms with Gasteiger partial charge in [-0.3, -0.25) is 0 Å². The normalized spacial score (nSPS) is 11.4. The van der Waals surface area contributed by atoms with Gasteiger partial charge in [-0.2, -0.15) is 0 Å². The molecule has 1 aromatic carbocycles. The maximum atomic E-state index is 12.0. The largest absolute Gasteiger partial charge is 0.477 e. The molecule has 2 aromatic rings. The van der Waals surface area contributed by atoms with Gasteiger partial charge in [0.1, 0.15) is 9.09 Å². The van der Waals surface area contributed by atoms with Crippen molar-refractivity contribution in [3.63, 3.8) is 0 Å². The number of thiophene rings is 1. The number of aryl methyl sites for hydroxylation is 1. The first-order valence-electron chi connectivity index (χ1n) is 6.36. The van der Waals surface area contributed by atoms with Crippen LogP contribution in [-0.4, -0.2) is 26.0 Å². The standard InChI is InChI=1S/C14H15NO4S2/c16-14(17)12-8-9-13(20-12)21(18,19)15-10-4-7-11-5-2-1-3-6-11/h1-3,5-6,8-9,15H,4,7,10H2,(H,16,17). The van der Waals surface area contributed by atoms with Gasteiger partial charge in [-0.25, -0.2) is 17.9 Å². The molecule has 0 fully saturated rings. The van der Waals surface area contributed by atoms with Crippen LogP contribution in [0.1, 0.15) is 21.7 Å². The van der Waals surface area contributed by atoms with Crippen molar-refractivity contribution in [2.45, 2.75) is 17.1 Å². The van der Waals surface area contributed by atoms with Gasteiger partial charge in [0.25, 0.3) is 0 Å². The fourth-order valence-electron chi connectivity index (χ4n) is 1.79. The van der Waals surface area contributed by atoms with Crippen molar-refractivity contribution < 1.29 is 18.3 Å². The van der Waals surface area contributed by atoms with E-state index in [1.165, 1.54) is 12.1 Å². The fourth-order valence-corrected chi connectivity index (χ4v) is 4.06. The van der Waals surface area contributed by atoms with E-state index in [0.717, 1.165) is 23.3 Å². The molecule has 1 aromatic heterocycles. The lowest BCUT2D eigenvalue weighted by Gasteiger charge is -2.04. The summed E-state index contributed by atoms with van der Waals surface area (Å²) in [5, 5.41) is 8.80. The van der Waals surface area contributed by atoms with E-state index in [2.05, 4.69) is 4.72 Å². The highest BCUT2D eigenvalue weighted by molar-refractivity contribution is 7.91. The molecular weight excluding hydrogens is 310 g/mol. The van der Waals surface area contributed by atoms with E-state index in [1.807, 2.05) is 30.3 Å². The molecule has 0 atom stereocenters. The van der Waals surface area contributed by atoms with Crippen molar-refractivity contribution in [1.29, 1.82) is 0 Å².